The van der Waals surface area contributed by atoms with Gasteiger partial charge in [-0.1, -0.05) is 41.5 Å². The molecule has 3 aromatic rings. The van der Waals surface area contributed by atoms with Gasteiger partial charge in [0.15, 0.2) is 0 Å². The number of rotatable bonds is 8. The van der Waals surface area contributed by atoms with Crippen molar-refractivity contribution in [3.05, 3.63) is 47.9 Å². The fourth-order valence-electron chi connectivity index (χ4n) is 4.00. The van der Waals surface area contributed by atoms with E-state index in [-0.39, 0.29) is 16.8 Å². The van der Waals surface area contributed by atoms with Crippen molar-refractivity contribution in [1.82, 2.24) is 0 Å². The SMILES string of the molecule is C=C(O)OCCCCp1oc2c(C(C)(C)C)cc(OC)cc2c2cc(OC)cc(C(C)(C)C)c2o1. The number of hydrogen-bond donors (Lipinski definition) is 1. The van der Waals surface area contributed by atoms with Crippen LogP contribution >= 0.6 is 8.01 Å². The highest BCUT2D eigenvalue weighted by Crippen LogP contribution is 2.45. The molecule has 0 saturated heterocycles. The van der Waals surface area contributed by atoms with Crippen LogP contribution in [0.5, 0.6) is 11.5 Å². The van der Waals surface area contributed by atoms with Gasteiger partial charge in [-0.2, -0.15) is 0 Å². The Bertz CT molecular complexity index is 1160. The van der Waals surface area contributed by atoms with Crippen LogP contribution in [0.2, 0.25) is 0 Å². The minimum atomic E-state index is -1.28. The van der Waals surface area contributed by atoms with Crippen LogP contribution in [0.25, 0.3) is 21.9 Å². The summed E-state index contributed by atoms with van der Waals surface area (Å²) in [7, 11) is 2.09. The molecule has 0 unspecified atom stereocenters. The summed E-state index contributed by atoms with van der Waals surface area (Å²) in [6, 6.07) is 8.17. The van der Waals surface area contributed by atoms with Gasteiger partial charge in [-0.15, -0.1) is 0 Å². The molecule has 0 saturated carbocycles. The predicted molar refractivity (Wildman–Crippen MR) is 144 cm³/mol. The van der Waals surface area contributed by atoms with E-state index in [1.54, 1.807) is 14.2 Å². The number of hydrogen-bond acceptors (Lipinski definition) is 6. The molecule has 0 fully saturated rings. The van der Waals surface area contributed by atoms with Crippen LogP contribution in [0.1, 0.15) is 65.5 Å². The van der Waals surface area contributed by atoms with E-state index in [1.807, 2.05) is 12.1 Å². The van der Waals surface area contributed by atoms with E-state index >= 15 is 0 Å². The fourth-order valence-corrected chi connectivity index (χ4v) is 5.50. The van der Waals surface area contributed by atoms with Gasteiger partial charge in [-0.25, -0.2) is 0 Å². The van der Waals surface area contributed by atoms with Gasteiger partial charge in [0.05, 0.1) is 27.0 Å². The lowest BCUT2D eigenvalue weighted by molar-refractivity contribution is 0.0932. The van der Waals surface area contributed by atoms with Crippen LogP contribution in [0.4, 0.5) is 0 Å². The van der Waals surface area contributed by atoms with E-state index in [4.69, 9.17) is 22.6 Å². The maximum Gasteiger partial charge on any atom is 0.268 e. The molecule has 3 rings (SSSR count). The van der Waals surface area contributed by atoms with Crippen LogP contribution in [-0.2, 0) is 21.7 Å². The van der Waals surface area contributed by atoms with Gasteiger partial charge in [-0.05, 0) is 54.5 Å². The van der Waals surface area contributed by atoms with E-state index in [2.05, 4.69) is 60.3 Å². The first kappa shape index (κ1) is 26.9. The lowest BCUT2D eigenvalue weighted by Crippen LogP contribution is -2.12. The van der Waals surface area contributed by atoms with Gasteiger partial charge in [0, 0.05) is 21.9 Å². The van der Waals surface area contributed by atoms with Gasteiger partial charge in [-0.3, -0.25) is 0 Å². The standard InChI is InChI=1S/C28H39O6P/c1-18(29)32-12-10-11-13-35-33-25-21(14-19(30-8)16-23(25)27(2,3)4)22-15-20(31-9)17-24(26(22)34-35)28(5,6)7/h14-17,29H,1,10-13H2,2-9H3. The number of aryl methyl sites for hydroxylation is 1. The normalized spacial score (nSPS) is 12.1. The summed E-state index contributed by atoms with van der Waals surface area (Å²) >= 11 is 0. The number of fused-ring (bicyclic) bond motifs is 3. The number of aliphatic hydroxyl groups is 1. The van der Waals surface area contributed by atoms with E-state index < -0.39 is 8.01 Å². The van der Waals surface area contributed by atoms with Gasteiger partial charge in [0.2, 0.25) is 8.01 Å². The summed E-state index contributed by atoms with van der Waals surface area (Å²) in [5.41, 5.74) is 3.44. The molecule has 1 aromatic heterocycles. The molecule has 7 heteroatoms. The average molecular weight is 503 g/mol. The molecular formula is C28H39O6P. The molecule has 1 heterocycles. The van der Waals surface area contributed by atoms with Gasteiger partial charge < -0.3 is 27.7 Å². The molecule has 35 heavy (non-hydrogen) atoms. The molecule has 1 N–H and O–H groups in total. The highest BCUT2D eigenvalue weighted by molar-refractivity contribution is 7.36. The summed E-state index contributed by atoms with van der Waals surface area (Å²) in [6.07, 6.45) is 2.31. The maximum atomic E-state index is 9.17. The van der Waals surface area contributed by atoms with Crippen molar-refractivity contribution in [3.8, 4) is 11.5 Å². The van der Waals surface area contributed by atoms with Crippen molar-refractivity contribution < 1.29 is 27.7 Å². The van der Waals surface area contributed by atoms with E-state index in [1.165, 1.54) is 0 Å². The van der Waals surface area contributed by atoms with Crippen LogP contribution in [0, 0.1) is 0 Å². The van der Waals surface area contributed by atoms with Crippen molar-refractivity contribution in [2.75, 3.05) is 20.8 Å². The molecule has 0 aliphatic heterocycles. The smallest absolute Gasteiger partial charge is 0.268 e. The zero-order valence-corrected chi connectivity index (χ0v) is 23.2. The number of methoxy groups -OCH3 is 2. The Morgan fingerprint density at radius 2 is 1.29 bits per heavy atom. The summed E-state index contributed by atoms with van der Waals surface area (Å²) in [5.74, 6) is 1.29. The van der Waals surface area contributed by atoms with Crippen LogP contribution in [0.3, 0.4) is 0 Å². The molecule has 0 aliphatic carbocycles. The zero-order chi connectivity index (χ0) is 26.0. The molecule has 0 bridgehead atoms. The van der Waals surface area contributed by atoms with E-state index in [0.29, 0.717) is 6.61 Å². The van der Waals surface area contributed by atoms with E-state index in [9.17, 15) is 5.11 Å². The summed E-state index contributed by atoms with van der Waals surface area (Å²) < 4.78 is 29.9. The third-order valence-corrected chi connectivity index (χ3v) is 7.35. The van der Waals surface area contributed by atoms with Gasteiger partial charge >= 0.3 is 0 Å². The highest BCUT2D eigenvalue weighted by atomic mass is 31.1. The Kier molecular flexibility index (Phi) is 8.06. The molecule has 6 nitrogen and oxygen atoms in total. The molecule has 0 atom stereocenters. The molecule has 0 amide bonds. The third kappa shape index (κ3) is 6.29. The second-order valence-corrected chi connectivity index (χ2v) is 12.3. The summed E-state index contributed by atoms with van der Waals surface area (Å²) in [5, 5.41) is 11.1. The first-order valence-electron chi connectivity index (χ1n) is 11.9. The maximum absolute atomic E-state index is 9.17. The van der Waals surface area contributed by atoms with Crippen molar-refractivity contribution in [1.29, 1.82) is 0 Å². The first-order chi connectivity index (χ1) is 16.3. The van der Waals surface area contributed by atoms with Crippen molar-refractivity contribution >= 4 is 30.0 Å². The quantitative estimate of drug-likeness (QED) is 0.245. The van der Waals surface area contributed by atoms with Crippen molar-refractivity contribution in [2.24, 2.45) is 0 Å². The Morgan fingerprint density at radius 3 is 1.66 bits per heavy atom. The summed E-state index contributed by atoms with van der Waals surface area (Å²) in [6.45, 7) is 16.8. The predicted octanol–water partition coefficient (Wildman–Crippen LogP) is 8.73. The molecule has 0 spiro atoms. The van der Waals surface area contributed by atoms with Gasteiger partial charge in [0.25, 0.3) is 5.95 Å². The Balaban J connectivity index is 2.38. The topological polar surface area (TPSA) is 74.2 Å². The monoisotopic (exact) mass is 502 g/mol. The Hall–Kier alpha value is -2.72. The zero-order valence-electron chi connectivity index (χ0n) is 22.3. The molecule has 0 radical (unpaired) electrons. The minimum absolute atomic E-state index is 0.175. The van der Waals surface area contributed by atoms with Crippen LogP contribution in [0.15, 0.2) is 45.2 Å². The minimum Gasteiger partial charge on any atom is -0.497 e. The number of aliphatic hydroxyl groups excluding tert-OH is 1. The molecular weight excluding hydrogens is 463 g/mol. The average Bonchev–Trinajstić information content (AvgIpc) is 2.92. The van der Waals surface area contributed by atoms with Crippen LogP contribution in [-0.4, -0.2) is 25.9 Å². The second-order valence-electron chi connectivity index (χ2n) is 10.8. The first-order valence-corrected chi connectivity index (χ1v) is 13.3. The lowest BCUT2D eigenvalue weighted by Gasteiger charge is -2.21. The largest absolute Gasteiger partial charge is 0.497 e. The Labute approximate surface area is 209 Å². The number of ether oxygens (including phenoxy) is 3. The Morgan fingerprint density at radius 1 is 0.829 bits per heavy atom. The molecule has 2 aromatic carbocycles. The second kappa shape index (κ2) is 10.5. The highest BCUT2D eigenvalue weighted by Gasteiger charge is 2.25. The fraction of sp³-hybridized carbons (Fsp3) is 0.500. The molecule has 192 valence electrons. The number of unbranched alkanes of at least 4 members (excludes halogenated alkanes) is 1. The molecule has 0 aliphatic rings. The van der Waals surface area contributed by atoms with Crippen molar-refractivity contribution in [2.45, 2.75) is 71.4 Å². The summed E-state index contributed by atoms with van der Waals surface area (Å²) in [4.78, 5) is 0. The van der Waals surface area contributed by atoms with Gasteiger partial charge in [0.1, 0.15) is 22.7 Å². The van der Waals surface area contributed by atoms with Crippen molar-refractivity contribution in [3.63, 3.8) is 0 Å². The third-order valence-electron chi connectivity index (χ3n) is 5.89. The van der Waals surface area contributed by atoms with E-state index in [0.717, 1.165) is 63.6 Å². The number of benzene rings is 2. The van der Waals surface area contributed by atoms with Crippen LogP contribution < -0.4 is 9.47 Å². The lowest BCUT2D eigenvalue weighted by atomic mass is 9.84.